The molecule has 0 radical (unpaired) electrons. The standard InChI is InChI=1S/C12H18N4O3/c17-9-1-2-16(8-9)12-13-10(7-11(18)14-12)15-3-5-19-6-4-15/h7,9,17H,1-6,8H2,(H,13,14,18). The quantitative estimate of drug-likeness (QED) is 0.728. The summed E-state index contributed by atoms with van der Waals surface area (Å²) in [5.74, 6) is 1.23. The molecular formula is C12H18N4O3. The lowest BCUT2D eigenvalue weighted by Crippen LogP contribution is -2.38. The van der Waals surface area contributed by atoms with Crippen LogP contribution in [0.3, 0.4) is 0 Å². The minimum atomic E-state index is -0.336. The SMILES string of the molecule is O=c1cc(N2CCOCC2)nc(N2CCC(O)C2)[nH]1. The van der Waals surface area contributed by atoms with Crippen LogP contribution in [-0.2, 0) is 4.74 Å². The molecule has 1 atom stereocenters. The summed E-state index contributed by atoms with van der Waals surface area (Å²) in [4.78, 5) is 23.0. The molecule has 2 saturated heterocycles. The van der Waals surface area contributed by atoms with Crippen molar-refractivity contribution in [3.05, 3.63) is 16.4 Å². The molecule has 0 aliphatic carbocycles. The van der Waals surface area contributed by atoms with Crippen molar-refractivity contribution >= 4 is 11.8 Å². The number of hydrogen-bond donors (Lipinski definition) is 2. The van der Waals surface area contributed by atoms with Crippen molar-refractivity contribution in [1.82, 2.24) is 9.97 Å². The first kappa shape index (κ1) is 12.4. The third-order valence-corrected chi connectivity index (χ3v) is 3.51. The third-order valence-electron chi connectivity index (χ3n) is 3.51. The molecule has 0 amide bonds. The first-order valence-electron chi connectivity index (χ1n) is 6.59. The Morgan fingerprint density at radius 2 is 2.11 bits per heavy atom. The second kappa shape index (κ2) is 5.18. The summed E-state index contributed by atoms with van der Waals surface area (Å²) >= 11 is 0. The summed E-state index contributed by atoms with van der Waals surface area (Å²) in [5, 5.41) is 9.56. The lowest BCUT2D eigenvalue weighted by atomic mass is 10.3. The van der Waals surface area contributed by atoms with E-state index in [1.54, 1.807) is 0 Å². The van der Waals surface area contributed by atoms with Gasteiger partial charge in [-0.15, -0.1) is 0 Å². The van der Waals surface area contributed by atoms with Crippen molar-refractivity contribution in [1.29, 1.82) is 0 Å². The molecule has 0 spiro atoms. The average Bonchev–Trinajstić information content (AvgIpc) is 2.86. The smallest absolute Gasteiger partial charge is 0.254 e. The molecule has 2 fully saturated rings. The Kier molecular flexibility index (Phi) is 3.39. The molecular weight excluding hydrogens is 248 g/mol. The van der Waals surface area contributed by atoms with Crippen LogP contribution in [0.1, 0.15) is 6.42 Å². The molecule has 0 aromatic carbocycles. The fourth-order valence-electron chi connectivity index (χ4n) is 2.47. The Hall–Kier alpha value is -1.60. The van der Waals surface area contributed by atoms with Gasteiger partial charge >= 0.3 is 0 Å². The molecule has 2 aliphatic rings. The average molecular weight is 266 g/mol. The molecule has 3 heterocycles. The van der Waals surface area contributed by atoms with Gasteiger partial charge in [0.1, 0.15) is 5.82 Å². The van der Waals surface area contributed by atoms with Crippen LogP contribution in [0, 0.1) is 0 Å². The molecule has 2 aliphatic heterocycles. The minimum Gasteiger partial charge on any atom is -0.391 e. The van der Waals surface area contributed by atoms with E-state index in [-0.39, 0.29) is 11.7 Å². The maximum absolute atomic E-state index is 11.7. The molecule has 7 nitrogen and oxygen atoms in total. The Balaban J connectivity index is 1.85. The highest BCUT2D eigenvalue weighted by Crippen LogP contribution is 2.18. The summed E-state index contributed by atoms with van der Waals surface area (Å²) in [6.45, 7) is 4.06. The normalized spacial score (nSPS) is 23.9. The number of H-pyrrole nitrogens is 1. The maximum Gasteiger partial charge on any atom is 0.254 e. The van der Waals surface area contributed by atoms with Crippen LogP contribution >= 0.6 is 0 Å². The van der Waals surface area contributed by atoms with Gasteiger partial charge in [0.15, 0.2) is 0 Å². The number of ether oxygens (including phenoxy) is 1. The highest BCUT2D eigenvalue weighted by atomic mass is 16.5. The Morgan fingerprint density at radius 3 is 2.79 bits per heavy atom. The van der Waals surface area contributed by atoms with Crippen LogP contribution in [0.2, 0.25) is 0 Å². The van der Waals surface area contributed by atoms with E-state index in [2.05, 4.69) is 14.9 Å². The topological polar surface area (TPSA) is 81.7 Å². The largest absolute Gasteiger partial charge is 0.391 e. The maximum atomic E-state index is 11.7. The fourth-order valence-corrected chi connectivity index (χ4v) is 2.47. The number of aliphatic hydroxyl groups is 1. The summed E-state index contributed by atoms with van der Waals surface area (Å²) in [5.41, 5.74) is -0.159. The van der Waals surface area contributed by atoms with Crippen LogP contribution in [0.4, 0.5) is 11.8 Å². The van der Waals surface area contributed by atoms with Crippen molar-refractivity contribution < 1.29 is 9.84 Å². The molecule has 1 aromatic rings. The van der Waals surface area contributed by atoms with Gasteiger partial charge in [0, 0.05) is 32.2 Å². The number of rotatable bonds is 2. The van der Waals surface area contributed by atoms with Gasteiger partial charge in [-0.3, -0.25) is 9.78 Å². The Morgan fingerprint density at radius 1 is 1.32 bits per heavy atom. The Bertz CT molecular complexity index is 472. The predicted molar refractivity (Wildman–Crippen MR) is 70.7 cm³/mol. The zero-order chi connectivity index (χ0) is 13.2. The lowest BCUT2D eigenvalue weighted by molar-refractivity contribution is 0.122. The number of nitrogens with one attached hydrogen (secondary N) is 1. The van der Waals surface area contributed by atoms with Crippen LogP contribution < -0.4 is 15.4 Å². The summed E-state index contributed by atoms with van der Waals surface area (Å²) in [6.07, 6.45) is 0.378. The van der Waals surface area contributed by atoms with E-state index in [0.717, 1.165) is 19.6 Å². The molecule has 3 rings (SSSR count). The third kappa shape index (κ3) is 2.71. The van der Waals surface area contributed by atoms with E-state index >= 15 is 0 Å². The lowest BCUT2D eigenvalue weighted by Gasteiger charge is -2.28. The van der Waals surface area contributed by atoms with Gasteiger partial charge in [0.05, 0.1) is 19.3 Å². The first-order valence-corrected chi connectivity index (χ1v) is 6.59. The van der Waals surface area contributed by atoms with Gasteiger partial charge in [0.2, 0.25) is 5.95 Å². The number of β-amino-alcohol motifs (C(OH)–C–C–N with tert-alkyl or cyclic N) is 1. The zero-order valence-electron chi connectivity index (χ0n) is 10.7. The second-order valence-electron chi connectivity index (χ2n) is 4.92. The highest BCUT2D eigenvalue weighted by Gasteiger charge is 2.23. The van der Waals surface area contributed by atoms with Crippen LogP contribution in [0.15, 0.2) is 10.9 Å². The molecule has 0 saturated carbocycles. The highest BCUT2D eigenvalue weighted by molar-refractivity contribution is 5.44. The van der Waals surface area contributed by atoms with Crippen molar-refractivity contribution in [3.63, 3.8) is 0 Å². The number of hydrogen-bond acceptors (Lipinski definition) is 6. The monoisotopic (exact) mass is 266 g/mol. The van der Waals surface area contributed by atoms with E-state index in [1.165, 1.54) is 6.07 Å². The molecule has 7 heteroatoms. The van der Waals surface area contributed by atoms with Crippen LogP contribution in [0.25, 0.3) is 0 Å². The van der Waals surface area contributed by atoms with Crippen molar-refractivity contribution in [2.24, 2.45) is 0 Å². The van der Waals surface area contributed by atoms with Gasteiger partial charge in [-0.2, -0.15) is 4.98 Å². The predicted octanol–water partition coefficient (Wildman–Crippen LogP) is -0.823. The van der Waals surface area contributed by atoms with E-state index < -0.39 is 0 Å². The van der Waals surface area contributed by atoms with Gasteiger partial charge in [-0.05, 0) is 6.42 Å². The molecule has 104 valence electrons. The van der Waals surface area contributed by atoms with Crippen LogP contribution in [0.5, 0.6) is 0 Å². The van der Waals surface area contributed by atoms with E-state index in [4.69, 9.17) is 4.74 Å². The first-order chi connectivity index (χ1) is 9.22. The van der Waals surface area contributed by atoms with Gasteiger partial charge in [0.25, 0.3) is 5.56 Å². The second-order valence-corrected chi connectivity index (χ2v) is 4.92. The zero-order valence-corrected chi connectivity index (χ0v) is 10.7. The van der Waals surface area contributed by atoms with Crippen molar-refractivity contribution in [3.8, 4) is 0 Å². The van der Waals surface area contributed by atoms with Crippen molar-refractivity contribution in [2.75, 3.05) is 49.2 Å². The Labute approximate surface area is 110 Å². The fraction of sp³-hybridized carbons (Fsp3) is 0.667. The molecule has 0 bridgehead atoms. The van der Waals surface area contributed by atoms with Gasteiger partial charge in [-0.25, -0.2) is 0 Å². The molecule has 2 N–H and O–H groups in total. The van der Waals surface area contributed by atoms with E-state index in [1.807, 2.05) is 4.90 Å². The number of aromatic nitrogens is 2. The molecule has 1 aromatic heterocycles. The number of aromatic amines is 1. The van der Waals surface area contributed by atoms with Gasteiger partial charge < -0.3 is 19.6 Å². The van der Waals surface area contributed by atoms with E-state index in [0.29, 0.717) is 37.9 Å². The van der Waals surface area contributed by atoms with Crippen molar-refractivity contribution in [2.45, 2.75) is 12.5 Å². The van der Waals surface area contributed by atoms with Crippen LogP contribution in [-0.4, -0.2) is 60.6 Å². The van der Waals surface area contributed by atoms with Gasteiger partial charge in [-0.1, -0.05) is 0 Å². The summed E-state index contributed by atoms with van der Waals surface area (Å²) < 4.78 is 5.30. The number of morpholine rings is 1. The summed E-state index contributed by atoms with van der Waals surface area (Å²) in [7, 11) is 0. The minimum absolute atomic E-state index is 0.159. The summed E-state index contributed by atoms with van der Waals surface area (Å²) in [6, 6.07) is 1.52. The molecule has 1 unspecified atom stereocenters. The number of anilines is 2. The number of nitrogens with zero attached hydrogens (tertiary/aromatic N) is 3. The van der Waals surface area contributed by atoms with E-state index in [9.17, 15) is 9.90 Å². The number of aliphatic hydroxyl groups excluding tert-OH is 1. The molecule has 19 heavy (non-hydrogen) atoms.